The summed E-state index contributed by atoms with van der Waals surface area (Å²) >= 11 is 5.28. The van der Waals surface area contributed by atoms with Crippen LogP contribution in [0.2, 0.25) is 0 Å². The van der Waals surface area contributed by atoms with Crippen molar-refractivity contribution in [2.75, 3.05) is 11.4 Å². The predicted octanol–water partition coefficient (Wildman–Crippen LogP) is 6.24. The lowest BCUT2D eigenvalue weighted by molar-refractivity contribution is -0.127. The molecule has 2 atom stereocenters. The maximum atomic E-state index is 14.0. The number of nitrogens with zero attached hydrogens (tertiary/aromatic N) is 3. The second-order valence-electron chi connectivity index (χ2n) is 7.55. The van der Waals surface area contributed by atoms with E-state index in [2.05, 4.69) is 15.3 Å². The quantitative estimate of drug-likeness (QED) is 0.244. The highest BCUT2D eigenvalue weighted by Gasteiger charge is 2.65. The maximum Gasteiger partial charge on any atom is 0.310 e. The second-order valence-corrected chi connectivity index (χ2v) is 10.3. The molecular formula is C22H18ClF7N4O2S. The highest BCUT2D eigenvalue weighted by Crippen LogP contribution is 3.02. The van der Waals surface area contributed by atoms with Crippen molar-refractivity contribution in [1.29, 1.82) is 0 Å². The van der Waals surface area contributed by atoms with Gasteiger partial charge in [0.1, 0.15) is 23.1 Å². The van der Waals surface area contributed by atoms with Crippen molar-refractivity contribution >= 4 is 39.3 Å². The van der Waals surface area contributed by atoms with E-state index in [-0.39, 0.29) is 30.0 Å². The van der Waals surface area contributed by atoms with Gasteiger partial charge >= 0.3 is 10.2 Å². The van der Waals surface area contributed by atoms with Gasteiger partial charge in [-0.3, -0.25) is 14.5 Å². The molecule has 6 nitrogen and oxygen atoms in total. The number of halogens is 8. The number of alkyl halides is 2. The minimum atomic E-state index is -10.1. The van der Waals surface area contributed by atoms with Crippen molar-refractivity contribution < 1.29 is 39.2 Å². The van der Waals surface area contributed by atoms with E-state index in [1.807, 2.05) is 0 Å². The fraction of sp³-hybridized carbons (Fsp3) is 0.182. The summed E-state index contributed by atoms with van der Waals surface area (Å²) in [5.41, 5.74) is -3.61. The van der Waals surface area contributed by atoms with Crippen LogP contribution in [0.1, 0.15) is 18.5 Å². The fourth-order valence-electron chi connectivity index (χ4n) is 3.20. The van der Waals surface area contributed by atoms with Gasteiger partial charge in [0.25, 0.3) is 11.5 Å². The summed E-state index contributed by atoms with van der Waals surface area (Å²) < 4.78 is 102. The number of carbonyl (C=O) groups is 2. The summed E-state index contributed by atoms with van der Waals surface area (Å²) in [4.78, 5) is 31.2. The van der Waals surface area contributed by atoms with Crippen LogP contribution in [0.5, 0.6) is 0 Å². The molecule has 15 heteroatoms. The molecule has 0 spiro atoms. The summed E-state index contributed by atoms with van der Waals surface area (Å²) in [6.45, 7) is -0.221. The summed E-state index contributed by atoms with van der Waals surface area (Å²) in [6.07, 6.45) is 2.88. The Morgan fingerprint density at radius 1 is 1.05 bits per heavy atom. The molecule has 0 fully saturated rings. The molecule has 0 aliphatic carbocycles. The van der Waals surface area contributed by atoms with Crippen LogP contribution in [-0.4, -0.2) is 34.0 Å². The van der Waals surface area contributed by atoms with Gasteiger partial charge in [0.05, 0.1) is 1.37 Å². The molecule has 0 aliphatic rings. The first-order valence-corrected chi connectivity index (χ1v) is 12.6. The van der Waals surface area contributed by atoms with E-state index in [0.29, 0.717) is 17.7 Å². The minimum absolute atomic E-state index is 0.0542. The number of rotatable bonds is 9. The molecule has 200 valence electrons. The highest BCUT2D eigenvalue weighted by molar-refractivity contribution is 8.45. The lowest BCUT2D eigenvalue weighted by Gasteiger charge is -2.40. The number of hydrogen-bond acceptors (Lipinski definition) is 4. The van der Waals surface area contributed by atoms with E-state index in [9.17, 15) is 37.8 Å². The van der Waals surface area contributed by atoms with E-state index in [1.165, 1.54) is 18.2 Å². The van der Waals surface area contributed by atoms with Gasteiger partial charge in [-0.05, 0) is 48.4 Å². The van der Waals surface area contributed by atoms with E-state index in [4.69, 9.17) is 13.0 Å². The molecule has 0 unspecified atom stereocenters. The number of hydrogen-bond donors (Lipinski definition) is 1. The van der Waals surface area contributed by atoms with Gasteiger partial charge in [0, 0.05) is 30.2 Å². The Balaban J connectivity index is 2.07. The Morgan fingerprint density at radius 2 is 1.68 bits per heavy atom. The zero-order valence-electron chi connectivity index (χ0n) is 19.4. The third kappa shape index (κ3) is 7.32. The highest BCUT2D eigenvalue weighted by atomic mass is 35.5. The van der Waals surface area contributed by atoms with Crippen LogP contribution >= 0.6 is 21.8 Å². The second kappa shape index (κ2) is 9.82. The summed E-state index contributed by atoms with van der Waals surface area (Å²) in [5, 5.41) is 2.32. The van der Waals surface area contributed by atoms with Crippen LogP contribution in [-0.2, 0) is 16.0 Å². The summed E-state index contributed by atoms with van der Waals surface area (Å²) in [5.74, 6) is -3.61. The Labute approximate surface area is 212 Å². The fourth-order valence-corrected chi connectivity index (χ4v) is 3.94. The lowest BCUT2D eigenvalue weighted by atomic mass is 10.1. The SMILES string of the molecule is [2H][C@](C(=O)NCCc1cccc(F)c1)(c1cncnc1)N(C(=O)[C@H](F)Cl)c1ccc(S(F)(F)(F)(F)F)cc1. The Hall–Kier alpha value is -3.39. The molecule has 1 heterocycles. The van der Waals surface area contributed by atoms with Gasteiger partial charge in [0.15, 0.2) is 0 Å². The van der Waals surface area contributed by atoms with Crippen LogP contribution in [0, 0.1) is 5.82 Å². The van der Waals surface area contributed by atoms with E-state index in [1.54, 1.807) is 6.07 Å². The van der Waals surface area contributed by atoms with Gasteiger partial charge in [-0.2, -0.15) is 0 Å². The van der Waals surface area contributed by atoms with Crippen LogP contribution in [0.3, 0.4) is 0 Å². The van der Waals surface area contributed by atoms with Crippen LogP contribution < -0.4 is 10.2 Å². The lowest BCUT2D eigenvalue weighted by Crippen LogP contribution is -2.46. The van der Waals surface area contributed by atoms with Crippen molar-refractivity contribution in [3.63, 3.8) is 0 Å². The standard InChI is InChI=1S/C22H18ClF7N4O2S/c23-20(25)22(36)34(17-4-6-18(7-5-17)37(26,27,28,29)30)19(15-11-31-13-32-12-15)21(35)33-9-8-14-2-1-3-16(24)10-14/h1-7,10-13,19-20H,8-9H2,(H,33,35)/t19-,20+/m1/s1/i19D. The van der Waals surface area contributed by atoms with Crippen LogP contribution in [0.15, 0.2) is 72.1 Å². The molecular weight excluding hydrogens is 553 g/mol. The topological polar surface area (TPSA) is 75.2 Å². The Morgan fingerprint density at radius 3 is 2.22 bits per heavy atom. The molecule has 37 heavy (non-hydrogen) atoms. The summed E-state index contributed by atoms with van der Waals surface area (Å²) in [6, 6.07) is 2.97. The van der Waals surface area contributed by atoms with Crippen molar-refractivity contribution in [3.8, 4) is 0 Å². The monoisotopic (exact) mass is 571 g/mol. The number of amides is 2. The van der Waals surface area contributed by atoms with Gasteiger partial charge in [-0.1, -0.05) is 43.2 Å². The van der Waals surface area contributed by atoms with Gasteiger partial charge in [-0.25, -0.2) is 18.7 Å². The zero-order valence-corrected chi connectivity index (χ0v) is 20.0. The van der Waals surface area contributed by atoms with Crippen molar-refractivity contribution in [1.82, 2.24) is 15.3 Å². The van der Waals surface area contributed by atoms with E-state index >= 15 is 0 Å². The van der Waals surface area contributed by atoms with Crippen molar-refractivity contribution in [3.05, 3.63) is 84.2 Å². The number of carbonyl (C=O) groups excluding carboxylic acids is 2. The molecule has 0 radical (unpaired) electrons. The smallest absolute Gasteiger partial charge is 0.310 e. The van der Waals surface area contributed by atoms with Gasteiger partial charge < -0.3 is 5.32 Å². The Kier molecular flexibility index (Phi) is 7.08. The first-order chi connectivity index (χ1) is 17.4. The maximum absolute atomic E-state index is 14.0. The molecule has 2 amide bonds. The summed E-state index contributed by atoms with van der Waals surface area (Å²) in [7, 11) is -10.1. The number of nitrogens with one attached hydrogen (secondary N) is 1. The average molecular weight is 572 g/mol. The molecule has 2 aromatic carbocycles. The largest absolute Gasteiger partial charge is 0.354 e. The molecule has 0 saturated heterocycles. The molecule has 3 aromatic rings. The molecule has 0 aliphatic heterocycles. The third-order valence-electron chi connectivity index (χ3n) is 4.81. The minimum Gasteiger partial charge on any atom is -0.354 e. The first-order valence-electron chi connectivity index (χ1n) is 10.7. The number of benzene rings is 2. The van der Waals surface area contributed by atoms with Gasteiger partial charge in [0.2, 0.25) is 5.91 Å². The molecule has 0 saturated carbocycles. The van der Waals surface area contributed by atoms with Crippen molar-refractivity contribution in [2.24, 2.45) is 0 Å². The zero-order chi connectivity index (χ0) is 28.4. The molecule has 1 aromatic heterocycles. The Bertz CT molecular complexity index is 1340. The van der Waals surface area contributed by atoms with Crippen LogP contribution in [0.4, 0.5) is 33.9 Å². The van der Waals surface area contributed by atoms with Gasteiger partial charge in [-0.15, -0.1) is 0 Å². The normalized spacial score (nSPS) is 16.4. The van der Waals surface area contributed by atoms with Crippen molar-refractivity contribution in [2.45, 2.75) is 23.0 Å². The molecule has 3 rings (SSSR count). The number of aromatic nitrogens is 2. The predicted molar refractivity (Wildman–Crippen MR) is 124 cm³/mol. The molecule has 0 bridgehead atoms. The third-order valence-corrected chi connectivity index (χ3v) is 6.16. The van der Waals surface area contributed by atoms with Crippen LogP contribution in [0.25, 0.3) is 0 Å². The molecule has 1 N–H and O–H groups in total. The van der Waals surface area contributed by atoms with E-state index < -0.39 is 55.7 Å². The first kappa shape index (κ1) is 26.7. The average Bonchev–Trinajstić information content (AvgIpc) is 2.83. The van der Waals surface area contributed by atoms with E-state index in [0.717, 1.165) is 18.7 Å². The number of anilines is 1.